The van der Waals surface area contributed by atoms with E-state index >= 15 is 0 Å². The van der Waals surface area contributed by atoms with Gasteiger partial charge in [0.05, 0.1) is 36.3 Å². The lowest BCUT2D eigenvalue weighted by Crippen LogP contribution is -2.79. The van der Waals surface area contributed by atoms with Gasteiger partial charge >= 0.3 is 23.9 Å². The Hall–Kier alpha value is -5.45. The van der Waals surface area contributed by atoms with E-state index in [4.69, 9.17) is 28.4 Å². The van der Waals surface area contributed by atoms with Gasteiger partial charge in [0.25, 0.3) is 5.91 Å². The van der Waals surface area contributed by atoms with E-state index in [0.29, 0.717) is 16.7 Å². The third-order valence-electron chi connectivity index (χ3n) is 13.3. The van der Waals surface area contributed by atoms with Gasteiger partial charge in [-0.2, -0.15) is 0 Å². The molecule has 6 rings (SSSR count). The lowest BCUT2D eigenvalue weighted by molar-refractivity contribution is -0.368. The van der Waals surface area contributed by atoms with E-state index in [1.807, 2.05) is 0 Å². The first kappa shape index (κ1) is 50.0. The fraction of sp³-hybridized carbons (Fsp3) is 0.510. The average molecular weight is 914 g/mol. The summed E-state index contributed by atoms with van der Waals surface area (Å²) in [7, 11) is 0. The minimum Gasteiger partial charge on any atom is -0.463 e. The quantitative estimate of drug-likeness (QED) is 0.0567. The highest BCUT2D eigenvalue weighted by Gasteiger charge is 2.74. The van der Waals surface area contributed by atoms with Crippen molar-refractivity contribution in [3.8, 4) is 0 Å². The van der Waals surface area contributed by atoms with Crippen molar-refractivity contribution in [3.05, 3.63) is 119 Å². The second kappa shape index (κ2) is 19.4. The van der Waals surface area contributed by atoms with Gasteiger partial charge in [0.1, 0.15) is 23.9 Å². The Balaban J connectivity index is 1.48. The highest BCUT2D eigenvalue weighted by molar-refractivity contribution is 5.95. The number of aliphatic hydroxyl groups is 3. The molecule has 2 aliphatic carbocycles. The first-order valence-corrected chi connectivity index (χ1v) is 22.3. The van der Waals surface area contributed by atoms with Crippen molar-refractivity contribution in [2.45, 2.75) is 141 Å². The van der Waals surface area contributed by atoms with E-state index in [1.54, 1.807) is 132 Å². The number of rotatable bonds is 16. The molecule has 0 bridgehead atoms. The highest BCUT2D eigenvalue weighted by Crippen LogP contribution is 2.62. The molecule has 15 nitrogen and oxygen atoms in total. The van der Waals surface area contributed by atoms with Gasteiger partial charge in [0.15, 0.2) is 17.5 Å². The second-order valence-electron chi connectivity index (χ2n) is 19.3. The molecule has 356 valence electrons. The maximum absolute atomic E-state index is 14.5. The lowest BCUT2D eigenvalue weighted by atomic mass is 9.48. The van der Waals surface area contributed by atoms with Crippen LogP contribution in [-0.4, -0.2) is 105 Å². The van der Waals surface area contributed by atoms with Crippen LogP contribution in [0.15, 0.2) is 103 Å². The Bertz CT molecular complexity index is 2260. The normalized spacial score (nSPS) is 28.6. The number of amides is 1. The third-order valence-corrected chi connectivity index (χ3v) is 13.3. The van der Waals surface area contributed by atoms with Crippen LogP contribution in [0.3, 0.4) is 0 Å². The average Bonchev–Trinajstić information content (AvgIpc) is 3.24. The molecule has 1 heterocycles. The fourth-order valence-electron chi connectivity index (χ4n) is 10.4. The van der Waals surface area contributed by atoms with Crippen molar-refractivity contribution in [2.75, 3.05) is 6.61 Å². The second-order valence-corrected chi connectivity index (χ2v) is 19.3. The van der Waals surface area contributed by atoms with Gasteiger partial charge in [-0.05, 0) is 69.5 Å². The van der Waals surface area contributed by atoms with Crippen molar-refractivity contribution in [2.24, 2.45) is 16.7 Å². The Kier molecular flexibility index (Phi) is 14.7. The molecule has 0 unspecified atom stereocenters. The van der Waals surface area contributed by atoms with Crippen LogP contribution in [0.1, 0.15) is 114 Å². The van der Waals surface area contributed by atoms with Crippen LogP contribution in [-0.2, 0) is 42.8 Å². The number of carbonyl (C=O) groups is 5. The van der Waals surface area contributed by atoms with Crippen LogP contribution in [0.2, 0.25) is 0 Å². The Morgan fingerprint density at radius 2 is 1.44 bits per heavy atom. The number of benzene rings is 3. The van der Waals surface area contributed by atoms with Crippen molar-refractivity contribution in [1.82, 2.24) is 5.32 Å². The SMILES string of the molecule is CC(=O)O[C@H](C)C[C@]1(C)[C@@H](OC(C)(C)O)C[C@H]2OC[C@@]2(OC(C)=O)[C@H]1[C@H](OC(=O)c1ccccc1)[C@]1(O)C[C@H](OC(=O)[C@H](O)[C@@H](NC(=O)c2ccccc2)c2ccccc2)C(C)=CC1(C)C. The molecule has 3 aromatic carbocycles. The monoisotopic (exact) mass is 913 g/mol. The van der Waals surface area contributed by atoms with Crippen LogP contribution >= 0.6 is 0 Å². The van der Waals surface area contributed by atoms with Crippen molar-refractivity contribution in [3.63, 3.8) is 0 Å². The van der Waals surface area contributed by atoms with Crippen molar-refractivity contribution >= 4 is 29.8 Å². The minimum atomic E-state index is -2.20. The molecule has 1 amide bonds. The number of carbonyl (C=O) groups excluding carboxylic acids is 5. The molecule has 11 atom stereocenters. The molecule has 4 N–H and O–H groups in total. The standard InChI is InChI=1S/C51H63NO14/c1-30-26-47(5,6)51(60,28-37(30)63-46(58)41(55)40(34-19-13-10-14-20-34)52-44(56)35-21-15-11-16-22-35)43(64-45(57)36-23-17-12-18-24-36)42-49(9,27-31(2)62-32(3)53)38(66-48(7,8)59)25-39-50(42,29-61-39)65-33(4)54/h10-24,26,31,37-43,55,59-60H,25,27-29H2,1-9H3,(H,52,56)/t31-,37+,38+,39-,40+,41-,42+,43+,49-,50+,51-/m1/s1. The van der Waals surface area contributed by atoms with Crippen LogP contribution in [0.4, 0.5) is 0 Å². The van der Waals surface area contributed by atoms with Gasteiger partial charge in [0, 0.05) is 43.1 Å². The third kappa shape index (κ3) is 10.4. The lowest BCUT2D eigenvalue weighted by Gasteiger charge is -2.67. The smallest absolute Gasteiger partial charge is 0.338 e. The van der Waals surface area contributed by atoms with E-state index in [0.717, 1.165) is 0 Å². The summed E-state index contributed by atoms with van der Waals surface area (Å²) in [5.41, 5.74) is -5.10. The molecule has 2 fully saturated rings. The first-order valence-electron chi connectivity index (χ1n) is 22.3. The molecule has 0 radical (unpaired) electrons. The number of hydrogen-bond donors (Lipinski definition) is 4. The van der Waals surface area contributed by atoms with Crippen LogP contribution in [0.5, 0.6) is 0 Å². The molecular weight excluding hydrogens is 851 g/mol. The van der Waals surface area contributed by atoms with Gasteiger partial charge in [-0.1, -0.05) is 93.6 Å². The van der Waals surface area contributed by atoms with Gasteiger partial charge < -0.3 is 49.1 Å². The molecule has 0 aromatic heterocycles. The summed E-state index contributed by atoms with van der Waals surface area (Å²) in [6.07, 6.45) is -6.11. The molecule has 1 saturated heterocycles. The maximum atomic E-state index is 14.5. The maximum Gasteiger partial charge on any atom is 0.338 e. The predicted octanol–water partition coefficient (Wildman–Crippen LogP) is 5.95. The molecule has 15 heteroatoms. The fourth-order valence-corrected chi connectivity index (χ4v) is 10.4. The number of hydrogen-bond acceptors (Lipinski definition) is 14. The van der Waals surface area contributed by atoms with Gasteiger partial charge in [-0.15, -0.1) is 0 Å². The number of ether oxygens (including phenoxy) is 6. The number of fused-ring (bicyclic) bond motifs is 1. The molecule has 1 aliphatic heterocycles. The molecular formula is C51H63NO14. The van der Waals surface area contributed by atoms with E-state index in [2.05, 4.69) is 5.32 Å². The number of aliphatic hydroxyl groups excluding tert-OH is 1. The number of esters is 4. The molecule has 3 aromatic rings. The number of nitrogens with one attached hydrogen (secondary N) is 1. The zero-order chi connectivity index (χ0) is 48.4. The van der Waals surface area contributed by atoms with E-state index in [9.17, 15) is 39.3 Å². The summed E-state index contributed by atoms with van der Waals surface area (Å²) in [4.78, 5) is 68.0. The zero-order valence-corrected chi connectivity index (χ0v) is 39.0. The Labute approximate surface area is 385 Å². The summed E-state index contributed by atoms with van der Waals surface area (Å²) in [5, 5.41) is 39.6. The first-order chi connectivity index (χ1) is 30.9. The van der Waals surface area contributed by atoms with Gasteiger partial charge in [0.2, 0.25) is 0 Å². The highest BCUT2D eigenvalue weighted by atomic mass is 16.7. The van der Waals surface area contributed by atoms with E-state index in [1.165, 1.54) is 27.7 Å². The predicted molar refractivity (Wildman–Crippen MR) is 239 cm³/mol. The summed E-state index contributed by atoms with van der Waals surface area (Å²) < 4.78 is 37.3. The van der Waals surface area contributed by atoms with E-state index < -0.39 is 113 Å². The Morgan fingerprint density at radius 1 is 0.864 bits per heavy atom. The Morgan fingerprint density at radius 3 is 1.97 bits per heavy atom. The molecule has 1 saturated carbocycles. The largest absolute Gasteiger partial charge is 0.463 e. The van der Waals surface area contributed by atoms with Crippen molar-refractivity contribution < 1.29 is 67.7 Å². The van der Waals surface area contributed by atoms with Crippen LogP contribution in [0, 0.1) is 16.7 Å². The topological polar surface area (TPSA) is 213 Å². The molecule has 66 heavy (non-hydrogen) atoms. The molecule has 3 aliphatic rings. The van der Waals surface area contributed by atoms with E-state index in [-0.39, 0.29) is 25.0 Å². The summed E-state index contributed by atoms with van der Waals surface area (Å²) in [6.45, 7) is 13.9. The zero-order valence-electron chi connectivity index (χ0n) is 39.0. The molecule has 0 spiro atoms. The summed E-state index contributed by atoms with van der Waals surface area (Å²) in [5.74, 6) is -6.72. The van der Waals surface area contributed by atoms with Gasteiger partial charge in [-0.25, -0.2) is 9.59 Å². The van der Waals surface area contributed by atoms with Crippen LogP contribution < -0.4 is 5.32 Å². The summed E-state index contributed by atoms with van der Waals surface area (Å²) in [6, 6.07) is 23.6. The van der Waals surface area contributed by atoms with Crippen molar-refractivity contribution in [1.29, 1.82) is 0 Å². The summed E-state index contributed by atoms with van der Waals surface area (Å²) >= 11 is 0. The minimum absolute atomic E-state index is 0.00132. The van der Waals surface area contributed by atoms with Crippen LogP contribution in [0.25, 0.3) is 0 Å². The van der Waals surface area contributed by atoms with Gasteiger partial charge in [-0.3, -0.25) is 14.4 Å².